The molecule has 2 aromatic rings. The van der Waals surface area contributed by atoms with Crippen LogP contribution in [0.25, 0.3) is 0 Å². The molecule has 0 radical (unpaired) electrons. The minimum atomic E-state index is -0.770. The Kier molecular flexibility index (Phi) is 5.08. The molecule has 3 rings (SSSR count). The summed E-state index contributed by atoms with van der Waals surface area (Å²) < 4.78 is 5.19. The van der Waals surface area contributed by atoms with Gasteiger partial charge in [-0.3, -0.25) is 29.4 Å². The number of imide groups is 1. The van der Waals surface area contributed by atoms with E-state index in [4.69, 9.17) is 4.74 Å². The summed E-state index contributed by atoms with van der Waals surface area (Å²) in [5.41, 5.74) is 0.708. The number of methoxy groups -OCH3 is 1. The van der Waals surface area contributed by atoms with Crippen LogP contribution in [0.2, 0.25) is 0 Å². The first-order valence-corrected chi connectivity index (χ1v) is 8.41. The summed E-state index contributed by atoms with van der Waals surface area (Å²) in [5, 5.41) is 13.8. The van der Waals surface area contributed by atoms with Gasteiger partial charge in [-0.1, -0.05) is 12.1 Å². The van der Waals surface area contributed by atoms with Crippen LogP contribution in [0.15, 0.2) is 36.4 Å². The van der Waals surface area contributed by atoms with Crippen LogP contribution in [-0.2, 0) is 4.79 Å². The average Bonchev–Trinajstić information content (AvgIpc) is 2.90. The summed E-state index contributed by atoms with van der Waals surface area (Å²) in [4.78, 5) is 48.5. The standard InChI is InChI=1S/C19H17N3O6/c1-11-6-7-15(28-2)13(10-11)20-16(23)8-9-21-18(24)12-4-3-5-14(22(26)27)17(12)19(21)25/h3-7,10H,8-9H2,1-2H3,(H,20,23). The molecule has 28 heavy (non-hydrogen) atoms. The van der Waals surface area contributed by atoms with Gasteiger partial charge in [-0.05, 0) is 30.7 Å². The van der Waals surface area contributed by atoms with E-state index in [0.29, 0.717) is 11.4 Å². The molecule has 3 amide bonds. The first-order valence-electron chi connectivity index (χ1n) is 8.41. The number of fused-ring (bicyclic) bond motifs is 1. The van der Waals surface area contributed by atoms with E-state index in [0.717, 1.165) is 10.5 Å². The predicted molar refractivity (Wildman–Crippen MR) is 99.4 cm³/mol. The molecule has 0 fully saturated rings. The van der Waals surface area contributed by atoms with Gasteiger partial charge in [-0.25, -0.2) is 0 Å². The number of ether oxygens (including phenoxy) is 1. The number of aryl methyl sites for hydroxylation is 1. The van der Waals surface area contributed by atoms with Gasteiger partial charge in [0.05, 0.1) is 23.3 Å². The topological polar surface area (TPSA) is 119 Å². The molecule has 1 heterocycles. The highest BCUT2D eigenvalue weighted by Crippen LogP contribution is 2.31. The van der Waals surface area contributed by atoms with Crippen molar-refractivity contribution in [1.29, 1.82) is 0 Å². The molecule has 1 aliphatic heterocycles. The number of anilines is 1. The van der Waals surface area contributed by atoms with Crippen LogP contribution < -0.4 is 10.1 Å². The van der Waals surface area contributed by atoms with Gasteiger partial charge in [0.25, 0.3) is 17.5 Å². The van der Waals surface area contributed by atoms with E-state index < -0.39 is 28.3 Å². The van der Waals surface area contributed by atoms with Crippen molar-refractivity contribution in [3.8, 4) is 5.75 Å². The van der Waals surface area contributed by atoms with Crippen molar-refractivity contribution in [3.05, 3.63) is 63.2 Å². The number of benzene rings is 2. The van der Waals surface area contributed by atoms with Crippen LogP contribution in [-0.4, -0.2) is 41.2 Å². The fraction of sp³-hybridized carbons (Fsp3) is 0.211. The van der Waals surface area contributed by atoms with Gasteiger partial charge in [0.15, 0.2) is 0 Å². The molecule has 1 N–H and O–H groups in total. The van der Waals surface area contributed by atoms with Crippen molar-refractivity contribution in [2.24, 2.45) is 0 Å². The van der Waals surface area contributed by atoms with E-state index in [1.165, 1.54) is 25.3 Å². The third-order valence-electron chi connectivity index (χ3n) is 4.37. The largest absolute Gasteiger partial charge is 0.495 e. The molecule has 9 heteroatoms. The second-order valence-electron chi connectivity index (χ2n) is 6.22. The van der Waals surface area contributed by atoms with Gasteiger partial charge >= 0.3 is 0 Å². The fourth-order valence-electron chi connectivity index (χ4n) is 3.02. The maximum atomic E-state index is 12.5. The monoisotopic (exact) mass is 383 g/mol. The molecule has 0 aliphatic carbocycles. The lowest BCUT2D eigenvalue weighted by Crippen LogP contribution is -2.33. The Hall–Kier alpha value is -3.75. The first kappa shape index (κ1) is 19.0. The van der Waals surface area contributed by atoms with Crippen molar-refractivity contribution in [2.45, 2.75) is 13.3 Å². The minimum absolute atomic E-state index is 0.0278. The molecule has 144 valence electrons. The summed E-state index contributed by atoms with van der Waals surface area (Å²) in [6.45, 7) is 1.67. The third kappa shape index (κ3) is 3.41. The quantitative estimate of drug-likeness (QED) is 0.465. The highest BCUT2D eigenvalue weighted by molar-refractivity contribution is 6.23. The maximum absolute atomic E-state index is 12.5. The molecular weight excluding hydrogens is 366 g/mol. The summed E-state index contributed by atoms with van der Waals surface area (Å²) in [5.74, 6) is -1.36. The number of carbonyl (C=O) groups excluding carboxylic acids is 3. The number of carbonyl (C=O) groups is 3. The summed E-state index contributed by atoms with van der Waals surface area (Å²) in [6.07, 6.45) is -0.156. The number of nitro benzene ring substituents is 1. The van der Waals surface area contributed by atoms with Gasteiger partial charge < -0.3 is 10.1 Å². The van der Waals surface area contributed by atoms with E-state index in [1.54, 1.807) is 12.1 Å². The molecule has 0 aromatic heterocycles. The average molecular weight is 383 g/mol. The molecule has 0 saturated heterocycles. The number of nitro groups is 1. The van der Waals surface area contributed by atoms with Gasteiger partial charge in [0.1, 0.15) is 11.3 Å². The first-order chi connectivity index (χ1) is 13.3. The summed E-state index contributed by atoms with van der Waals surface area (Å²) in [6, 6.07) is 9.17. The van der Waals surface area contributed by atoms with E-state index in [9.17, 15) is 24.5 Å². The van der Waals surface area contributed by atoms with Crippen LogP contribution >= 0.6 is 0 Å². The molecular formula is C19H17N3O6. The fourth-order valence-corrected chi connectivity index (χ4v) is 3.02. The SMILES string of the molecule is COc1ccc(C)cc1NC(=O)CCN1C(=O)c2cccc([N+](=O)[O-])c2C1=O. The third-order valence-corrected chi connectivity index (χ3v) is 4.37. The second-order valence-corrected chi connectivity index (χ2v) is 6.22. The zero-order valence-electron chi connectivity index (χ0n) is 15.2. The normalized spacial score (nSPS) is 12.7. The summed E-state index contributed by atoms with van der Waals surface area (Å²) >= 11 is 0. The van der Waals surface area contributed by atoms with E-state index in [2.05, 4.69) is 5.32 Å². The highest BCUT2D eigenvalue weighted by Gasteiger charge is 2.40. The smallest absolute Gasteiger partial charge is 0.282 e. The Bertz CT molecular complexity index is 1000. The molecule has 0 saturated carbocycles. The van der Waals surface area contributed by atoms with Crippen LogP contribution in [0, 0.1) is 17.0 Å². The number of rotatable bonds is 6. The molecule has 0 bridgehead atoms. The molecule has 9 nitrogen and oxygen atoms in total. The van der Waals surface area contributed by atoms with Crippen LogP contribution in [0.1, 0.15) is 32.7 Å². The van der Waals surface area contributed by atoms with Crippen molar-refractivity contribution in [3.63, 3.8) is 0 Å². The van der Waals surface area contributed by atoms with Gasteiger partial charge in [0.2, 0.25) is 5.91 Å². The molecule has 1 aliphatic rings. The van der Waals surface area contributed by atoms with Gasteiger partial charge in [-0.2, -0.15) is 0 Å². The predicted octanol–water partition coefficient (Wildman–Crippen LogP) is 2.54. The van der Waals surface area contributed by atoms with Gasteiger partial charge in [-0.15, -0.1) is 0 Å². The lowest BCUT2D eigenvalue weighted by atomic mass is 10.1. The number of nitrogens with one attached hydrogen (secondary N) is 1. The number of hydrogen-bond donors (Lipinski definition) is 1. The Labute approximate surface area is 160 Å². The number of hydrogen-bond acceptors (Lipinski definition) is 6. The Morgan fingerprint density at radius 3 is 2.64 bits per heavy atom. The zero-order chi connectivity index (χ0) is 20.4. The molecule has 0 atom stereocenters. The van der Waals surface area contributed by atoms with Gasteiger partial charge in [0, 0.05) is 19.0 Å². The van der Waals surface area contributed by atoms with Crippen molar-refractivity contribution in [2.75, 3.05) is 19.0 Å². The Morgan fingerprint density at radius 2 is 1.96 bits per heavy atom. The Morgan fingerprint density at radius 1 is 1.21 bits per heavy atom. The Balaban J connectivity index is 1.72. The van der Waals surface area contributed by atoms with Crippen LogP contribution in [0.4, 0.5) is 11.4 Å². The number of nitrogens with zero attached hydrogens (tertiary/aromatic N) is 2. The van der Waals surface area contributed by atoms with Crippen molar-refractivity contribution < 1.29 is 24.0 Å². The minimum Gasteiger partial charge on any atom is -0.495 e. The van der Waals surface area contributed by atoms with Crippen molar-refractivity contribution in [1.82, 2.24) is 4.90 Å². The van der Waals surface area contributed by atoms with E-state index in [-0.39, 0.29) is 24.1 Å². The maximum Gasteiger partial charge on any atom is 0.282 e. The summed E-state index contributed by atoms with van der Waals surface area (Å²) in [7, 11) is 1.48. The zero-order valence-corrected chi connectivity index (χ0v) is 15.2. The number of amides is 3. The lowest BCUT2D eigenvalue weighted by Gasteiger charge is -2.14. The van der Waals surface area contributed by atoms with Crippen molar-refractivity contribution >= 4 is 29.1 Å². The molecule has 0 spiro atoms. The van der Waals surface area contributed by atoms with E-state index >= 15 is 0 Å². The van der Waals surface area contributed by atoms with E-state index in [1.807, 2.05) is 13.0 Å². The molecule has 0 unspecified atom stereocenters. The van der Waals surface area contributed by atoms with Crippen LogP contribution in [0.3, 0.4) is 0 Å². The van der Waals surface area contributed by atoms with Crippen LogP contribution in [0.5, 0.6) is 5.75 Å². The lowest BCUT2D eigenvalue weighted by molar-refractivity contribution is -0.385. The molecule has 2 aromatic carbocycles. The highest BCUT2D eigenvalue weighted by atomic mass is 16.6. The second kappa shape index (κ2) is 7.47.